The van der Waals surface area contributed by atoms with Gasteiger partial charge in [0.1, 0.15) is 16.1 Å². The predicted molar refractivity (Wildman–Crippen MR) is 162 cm³/mol. The quantitative estimate of drug-likeness (QED) is 0.147. The molecule has 16 heteroatoms. The van der Waals surface area contributed by atoms with Crippen LogP contribution in [-0.4, -0.2) is 54.7 Å². The minimum atomic E-state index is -4.16. The van der Waals surface area contributed by atoms with Gasteiger partial charge in [-0.25, -0.2) is 13.2 Å². The third-order valence-electron chi connectivity index (χ3n) is 7.17. The number of hydrogen-bond acceptors (Lipinski definition) is 9. The molecule has 1 saturated heterocycles. The Labute approximate surface area is 272 Å². The van der Waals surface area contributed by atoms with Gasteiger partial charge in [-0.1, -0.05) is 41.4 Å². The van der Waals surface area contributed by atoms with Crippen molar-refractivity contribution in [3.63, 3.8) is 0 Å². The summed E-state index contributed by atoms with van der Waals surface area (Å²) in [4.78, 5) is 13.6. The smallest absolute Gasteiger partial charge is 0.387 e. The van der Waals surface area contributed by atoms with Crippen molar-refractivity contribution in [3.05, 3.63) is 86.8 Å². The molecule has 2 aromatic carbocycles. The second-order valence-electron chi connectivity index (χ2n) is 10.4. The van der Waals surface area contributed by atoms with E-state index < -0.39 is 34.1 Å². The second kappa shape index (κ2) is 14.3. The van der Waals surface area contributed by atoms with Gasteiger partial charge in [-0.15, -0.1) is 11.8 Å². The summed E-state index contributed by atoms with van der Waals surface area (Å²) in [6.07, 6.45) is 2.73. The maximum atomic E-state index is 13.7. The fourth-order valence-corrected chi connectivity index (χ4v) is 8.40. The highest BCUT2D eigenvalue weighted by atomic mass is 35.5. The van der Waals surface area contributed by atoms with Crippen molar-refractivity contribution in [2.75, 3.05) is 18.9 Å². The molecule has 1 N–H and O–H groups in total. The van der Waals surface area contributed by atoms with E-state index in [9.17, 15) is 32.3 Å². The van der Waals surface area contributed by atoms with E-state index in [0.717, 1.165) is 41.3 Å². The highest BCUT2D eigenvalue weighted by Crippen LogP contribution is 2.39. The number of aromatic nitrogens is 1. The summed E-state index contributed by atoms with van der Waals surface area (Å²) in [5, 5.41) is 20.1. The zero-order chi connectivity index (χ0) is 32.3. The summed E-state index contributed by atoms with van der Waals surface area (Å²) in [6.45, 7) is -3.18. The number of nitrogens with zero attached hydrogens (tertiary/aromatic N) is 2. The van der Waals surface area contributed by atoms with E-state index in [-0.39, 0.29) is 64.1 Å². The van der Waals surface area contributed by atoms with Gasteiger partial charge in [0.05, 0.1) is 18.1 Å². The average molecular weight is 706 g/mol. The third kappa shape index (κ3) is 8.10. The van der Waals surface area contributed by atoms with Crippen LogP contribution in [0.2, 0.25) is 10.0 Å². The minimum Gasteiger partial charge on any atom is -0.619 e. The number of aliphatic hydroxyl groups excluding tert-OH is 1. The average Bonchev–Trinajstić information content (AvgIpc) is 3.69. The molecule has 0 unspecified atom stereocenters. The Kier molecular flexibility index (Phi) is 10.6. The summed E-state index contributed by atoms with van der Waals surface area (Å²) >= 11 is 13.7. The molecule has 2 heterocycles. The van der Waals surface area contributed by atoms with Gasteiger partial charge in [0.15, 0.2) is 29.3 Å². The number of halogens is 4. The maximum Gasteiger partial charge on any atom is 0.387 e. The molecule has 0 bridgehead atoms. The zero-order valence-corrected chi connectivity index (χ0v) is 26.6. The molecule has 2 atom stereocenters. The van der Waals surface area contributed by atoms with E-state index in [4.69, 9.17) is 32.7 Å². The Morgan fingerprint density at radius 1 is 1.13 bits per heavy atom. The van der Waals surface area contributed by atoms with Gasteiger partial charge in [0, 0.05) is 24.3 Å². The molecule has 2 aliphatic rings. The highest BCUT2D eigenvalue weighted by Gasteiger charge is 2.42. The van der Waals surface area contributed by atoms with Crippen LogP contribution < -0.4 is 14.2 Å². The van der Waals surface area contributed by atoms with Crippen molar-refractivity contribution in [2.45, 2.75) is 48.9 Å². The number of esters is 1. The molecule has 45 heavy (non-hydrogen) atoms. The molecule has 1 saturated carbocycles. The van der Waals surface area contributed by atoms with Crippen LogP contribution in [0.5, 0.6) is 11.5 Å². The van der Waals surface area contributed by atoms with Gasteiger partial charge in [-0.3, -0.25) is 0 Å². The van der Waals surface area contributed by atoms with Crippen LogP contribution in [-0.2, 0) is 32.6 Å². The topological polar surface area (TPSA) is 129 Å². The summed E-state index contributed by atoms with van der Waals surface area (Å²) in [7, 11) is -4.16. The lowest BCUT2D eigenvalue weighted by Gasteiger charge is -2.26. The number of aliphatic hydroxyl groups is 1. The molecule has 3 aromatic rings. The lowest BCUT2D eigenvalue weighted by Crippen LogP contribution is -2.40. The van der Waals surface area contributed by atoms with E-state index in [1.807, 2.05) is 0 Å². The number of benzene rings is 2. The number of rotatable bonds is 13. The number of sulfonamides is 1. The van der Waals surface area contributed by atoms with Crippen LogP contribution in [0.15, 0.2) is 59.8 Å². The molecule has 10 nitrogen and oxygen atoms in total. The summed E-state index contributed by atoms with van der Waals surface area (Å²) in [5.74, 6) is -0.502. The van der Waals surface area contributed by atoms with Crippen molar-refractivity contribution >= 4 is 51.0 Å². The van der Waals surface area contributed by atoms with E-state index in [0.29, 0.717) is 21.6 Å². The molecule has 1 aromatic heterocycles. The lowest BCUT2D eigenvalue weighted by atomic mass is 10.0. The Balaban J connectivity index is 1.47. The first-order valence-corrected chi connectivity index (χ1v) is 17.0. The van der Waals surface area contributed by atoms with E-state index in [1.54, 1.807) is 6.07 Å². The molecule has 5 rings (SSSR count). The predicted octanol–water partition coefficient (Wildman–Crippen LogP) is 5.10. The third-order valence-corrected chi connectivity index (χ3v) is 11.0. The number of pyridine rings is 1. The number of alkyl halides is 2. The van der Waals surface area contributed by atoms with Crippen LogP contribution in [0.3, 0.4) is 0 Å². The molecule has 242 valence electrons. The van der Waals surface area contributed by atoms with E-state index >= 15 is 0 Å². The Hall–Kier alpha value is -2.88. The molecule has 2 fully saturated rings. The van der Waals surface area contributed by atoms with Gasteiger partial charge < -0.3 is 24.5 Å². The first kappa shape index (κ1) is 33.5. The first-order valence-electron chi connectivity index (χ1n) is 13.8. The normalized spacial score (nSPS) is 17.8. The fraction of sp³-hybridized carbons (Fsp3) is 0.379. The van der Waals surface area contributed by atoms with Gasteiger partial charge in [0.25, 0.3) is 0 Å². The molecular weight excluding hydrogens is 677 g/mol. The van der Waals surface area contributed by atoms with Crippen LogP contribution in [0.1, 0.15) is 35.6 Å². The summed E-state index contributed by atoms with van der Waals surface area (Å²) in [6, 6.07) is 9.85. The van der Waals surface area contributed by atoms with E-state index in [1.165, 1.54) is 36.4 Å². The molecule has 1 aliphatic heterocycles. The van der Waals surface area contributed by atoms with Gasteiger partial charge in [-0.05, 0) is 54.2 Å². The van der Waals surface area contributed by atoms with Crippen LogP contribution in [0.4, 0.5) is 8.78 Å². The largest absolute Gasteiger partial charge is 0.619 e. The summed E-state index contributed by atoms with van der Waals surface area (Å²) in [5.41, 5.74) is 0.952. The summed E-state index contributed by atoms with van der Waals surface area (Å²) < 4.78 is 71.2. The highest BCUT2D eigenvalue weighted by molar-refractivity contribution is 8.02. The van der Waals surface area contributed by atoms with Crippen LogP contribution >= 0.6 is 35.0 Å². The number of carbonyl (C=O) groups excluding carboxylic acids is 1. The molecule has 0 spiro atoms. The lowest BCUT2D eigenvalue weighted by molar-refractivity contribution is -0.605. The van der Waals surface area contributed by atoms with Crippen molar-refractivity contribution in [2.24, 2.45) is 5.92 Å². The molecule has 0 amide bonds. The molecular formula is C29H28Cl2F2N2O8S2. The second-order valence-corrected chi connectivity index (χ2v) is 14.3. The van der Waals surface area contributed by atoms with E-state index in [2.05, 4.69) is 4.74 Å². The van der Waals surface area contributed by atoms with Gasteiger partial charge in [-0.2, -0.15) is 17.8 Å². The number of carbonyl (C=O) groups is 1. The first-order chi connectivity index (χ1) is 21.5. The zero-order valence-electron chi connectivity index (χ0n) is 23.5. The minimum absolute atomic E-state index is 0.00613. The van der Waals surface area contributed by atoms with Crippen molar-refractivity contribution in [1.29, 1.82) is 0 Å². The number of hydrogen-bond donors (Lipinski definition) is 1. The SMILES string of the molecule is O=C(O[C@@H](Cc1c(Cl)c[n+]([O-])cc1Cl)c1ccc(OC(F)F)c(OCC2CC2)c1)[C@@H]1SCCN1S(=O)(=O)c1cccc(CO)c1. The monoisotopic (exact) mass is 704 g/mol. The fourth-order valence-electron chi connectivity index (χ4n) is 4.69. The number of thioether (sulfide) groups is 1. The molecule has 1 aliphatic carbocycles. The van der Waals surface area contributed by atoms with Crippen molar-refractivity contribution < 1.29 is 46.0 Å². The Bertz CT molecular complexity index is 1640. The van der Waals surface area contributed by atoms with Crippen LogP contribution in [0.25, 0.3) is 0 Å². The molecule has 0 radical (unpaired) electrons. The maximum absolute atomic E-state index is 13.7. The Morgan fingerprint density at radius 2 is 1.87 bits per heavy atom. The van der Waals surface area contributed by atoms with Gasteiger partial charge >= 0.3 is 12.6 Å². The van der Waals surface area contributed by atoms with Gasteiger partial charge in [0.2, 0.25) is 10.0 Å². The standard InChI is InChI=1S/C29H28Cl2F2N2O8S2/c30-22-13-34(38)14-23(31)21(22)12-25(19-6-7-24(43-29(32)33)26(11-19)41-16-17-4-5-17)42-28(37)27-35(8-9-44-27)45(39,40)20-3-1-2-18(10-20)15-36/h1-3,6-7,10-11,13-14,17,25,27,29,36H,4-5,8-9,12,15-16H2/t25-,27-/m0/s1. The number of ether oxygens (including phenoxy) is 3. The van der Waals surface area contributed by atoms with Crippen molar-refractivity contribution in [3.8, 4) is 11.5 Å². The van der Waals surface area contributed by atoms with Crippen molar-refractivity contribution in [1.82, 2.24) is 4.31 Å². The Morgan fingerprint density at radius 3 is 2.53 bits per heavy atom. The van der Waals surface area contributed by atoms with Crippen LogP contribution in [0, 0.1) is 11.1 Å².